The molecule has 1 aliphatic rings. The van der Waals surface area contributed by atoms with E-state index in [-0.39, 0.29) is 6.79 Å². The summed E-state index contributed by atoms with van der Waals surface area (Å²) in [5, 5.41) is 0. The minimum absolute atomic E-state index is 0.246. The maximum atomic E-state index is 6.02. The minimum Gasteiger partial charge on any atom is -0.496 e. The summed E-state index contributed by atoms with van der Waals surface area (Å²) in [6.45, 7) is 6.96. The molecule has 0 aliphatic carbocycles. The first-order valence-corrected chi connectivity index (χ1v) is 10.3. The van der Waals surface area contributed by atoms with Gasteiger partial charge < -0.3 is 18.9 Å². The monoisotopic (exact) mass is 405 g/mol. The van der Waals surface area contributed by atoms with Crippen molar-refractivity contribution in [3.63, 3.8) is 0 Å². The molecule has 0 saturated heterocycles. The van der Waals surface area contributed by atoms with Crippen LogP contribution in [0.15, 0.2) is 42.5 Å². The maximum absolute atomic E-state index is 6.02. The van der Waals surface area contributed by atoms with Gasteiger partial charge in [-0.15, -0.1) is 0 Å². The van der Waals surface area contributed by atoms with Crippen molar-refractivity contribution in [1.29, 1.82) is 0 Å². The van der Waals surface area contributed by atoms with E-state index in [1.807, 2.05) is 31.2 Å². The fourth-order valence-corrected chi connectivity index (χ4v) is 3.85. The first kappa shape index (κ1) is 20.1. The zero-order valence-electron chi connectivity index (χ0n) is 18.0. The molecular formula is C25H27NO4. The van der Waals surface area contributed by atoms with E-state index in [0.29, 0.717) is 12.4 Å². The summed E-state index contributed by atoms with van der Waals surface area (Å²) in [5.74, 6) is 2.94. The molecule has 0 spiro atoms. The van der Waals surface area contributed by atoms with Crippen molar-refractivity contribution in [3.8, 4) is 34.3 Å². The molecule has 0 fully saturated rings. The molecule has 1 aliphatic heterocycles. The standard InChI is InChI=1S/C25H27NO4/c1-5-17-8-7-9-18(6-2)25(17)21-13-23(27-4)20(16(3)26-21)14-28-19-10-11-22-24(12-19)30-15-29-22/h7-13H,5-6,14-15H2,1-4H3. The van der Waals surface area contributed by atoms with Gasteiger partial charge >= 0.3 is 0 Å². The molecule has 0 saturated carbocycles. The van der Waals surface area contributed by atoms with E-state index in [0.717, 1.165) is 47.0 Å². The molecule has 0 atom stereocenters. The molecule has 3 aromatic rings. The van der Waals surface area contributed by atoms with Crippen molar-refractivity contribution in [1.82, 2.24) is 4.98 Å². The highest BCUT2D eigenvalue weighted by atomic mass is 16.7. The largest absolute Gasteiger partial charge is 0.496 e. The Hall–Kier alpha value is -3.21. The van der Waals surface area contributed by atoms with E-state index >= 15 is 0 Å². The van der Waals surface area contributed by atoms with Crippen LogP contribution in [0.3, 0.4) is 0 Å². The quantitative estimate of drug-likeness (QED) is 0.520. The number of aryl methyl sites for hydroxylation is 3. The van der Waals surface area contributed by atoms with Crippen LogP contribution in [0.2, 0.25) is 0 Å². The van der Waals surface area contributed by atoms with Crippen molar-refractivity contribution in [2.24, 2.45) is 0 Å². The topological polar surface area (TPSA) is 49.8 Å². The van der Waals surface area contributed by atoms with Crippen LogP contribution in [0.1, 0.15) is 36.2 Å². The normalized spacial score (nSPS) is 12.1. The highest BCUT2D eigenvalue weighted by molar-refractivity contribution is 5.70. The number of fused-ring (bicyclic) bond motifs is 1. The highest BCUT2D eigenvalue weighted by Gasteiger charge is 2.18. The molecule has 30 heavy (non-hydrogen) atoms. The molecule has 0 unspecified atom stereocenters. The molecule has 0 amide bonds. The second-order valence-electron chi connectivity index (χ2n) is 7.24. The number of nitrogens with zero attached hydrogens (tertiary/aromatic N) is 1. The third kappa shape index (κ3) is 3.80. The number of hydrogen-bond donors (Lipinski definition) is 0. The lowest BCUT2D eigenvalue weighted by Gasteiger charge is -2.17. The molecule has 0 bridgehead atoms. The molecule has 5 nitrogen and oxygen atoms in total. The molecule has 1 aromatic heterocycles. The fourth-order valence-electron chi connectivity index (χ4n) is 3.85. The molecule has 2 heterocycles. The lowest BCUT2D eigenvalue weighted by Crippen LogP contribution is -2.05. The zero-order valence-corrected chi connectivity index (χ0v) is 18.0. The molecule has 0 radical (unpaired) electrons. The van der Waals surface area contributed by atoms with Gasteiger partial charge in [0.2, 0.25) is 6.79 Å². The zero-order chi connectivity index (χ0) is 21.1. The Kier molecular flexibility index (Phi) is 5.79. The Morgan fingerprint density at radius 2 is 1.70 bits per heavy atom. The van der Waals surface area contributed by atoms with Gasteiger partial charge in [0.05, 0.1) is 18.4 Å². The number of methoxy groups -OCH3 is 1. The van der Waals surface area contributed by atoms with Gasteiger partial charge in [-0.3, -0.25) is 4.98 Å². The number of aromatic nitrogens is 1. The van der Waals surface area contributed by atoms with Crippen molar-refractivity contribution in [2.75, 3.05) is 13.9 Å². The highest BCUT2D eigenvalue weighted by Crippen LogP contribution is 2.36. The van der Waals surface area contributed by atoms with E-state index in [2.05, 4.69) is 32.0 Å². The van der Waals surface area contributed by atoms with Gasteiger partial charge in [0.15, 0.2) is 11.5 Å². The van der Waals surface area contributed by atoms with E-state index in [1.54, 1.807) is 7.11 Å². The maximum Gasteiger partial charge on any atom is 0.231 e. The van der Waals surface area contributed by atoms with Crippen LogP contribution in [0.25, 0.3) is 11.3 Å². The van der Waals surface area contributed by atoms with Gasteiger partial charge in [-0.1, -0.05) is 32.0 Å². The predicted molar refractivity (Wildman–Crippen MR) is 117 cm³/mol. The SMILES string of the molecule is CCc1cccc(CC)c1-c1cc(OC)c(COc2ccc3c(c2)OCO3)c(C)n1. The summed E-state index contributed by atoms with van der Waals surface area (Å²) >= 11 is 0. The molecule has 2 aromatic carbocycles. The van der Waals surface area contributed by atoms with Gasteiger partial charge in [0.25, 0.3) is 0 Å². The Balaban J connectivity index is 1.65. The Bertz CT molecular complexity index is 1040. The fraction of sp³-hybridized carbons (Fsp3) is 0.320. The number of rotatable bonds is 7. The summed E-state index contributed by atoms with van der Waals surface area (Å²) in [6.07, 6.45) is 1.92. The van der Waals surface area contributed by atoms with Crippen LogP contribution in [0.5, 0.6) is 23.0 Å². The second-order valence-corrected chi connectivity index (χ2v) is 7.24. The summed E-state index contributed by atoms with van der Waals surface area (Å²) in [4.78, 5) is 4.93. The van der Waals surface area contributed by atoms with Crippen LogP contribution >= 0.6 is 0 Å². The summed E-state index contributed by atoms with van der Waals surface area (Å²) < 4.78 is 22.5. The number of hydrogen-bond acceptors (Lipinski definition) is 5. The average Bonchev–Trinajstić information content (AvgIpc) is 3.25. The van der Waals surface area contributed by atoms with Gasteiger partial charge in [0.1, 0.15) is 18.1 Å². The molecule has 156 valence electrons. The molecule has 0 N–H and O–H groups in total. The summed E-state index contributed by atoms with van der Waals surface area (Å²) in [5.41, 5.74) is 6.60. The second kappa shape index (κ2) is 8.66. The van der Waals surface area contributed by atoms with Gasteiger partial charge in [-0.2, -0.15) is 0 Å². The average molecular weight is 405 g/mol. The Morgan fingerprint density at radius 3 is 2.40 bits per heavy atom. The van der Waals surface area contributed by atoms with Crippen molar-refractivity contribution in [2.45, 2.75) is 40.2 Å². The molecule has 5 heteroatoms. The van der Waals surface area contributed by atoms with E-state index in [9.17, 15) is 0 Å². The van der Waals surface area contributed by atoms with Crippen molar-refractivity contribution < 1.29 is 18.9 Å². The number of benzene rings is 2. The minimum atomic E-state index is 0.246. The van der Waals surface area contributed by atoms with Crippen LogP contribution < -0.4 is 18.9 Å². The van der Waals surface area contributed by atoms with E-state index in [4.69, 9.17) is 23.9 Å². The van der Waals surface area contributed by atoms with Gasteiger partial charge in [-0.25, -0.2) is 0 Å². The van der Waals surface area contributed by atoms with E-state index < -0.39 is 0 Å². The predicted octanol–water partition coefficient (Wildman–Crippen LogP) is 5.50. The number of ether oxygens (including phenoxy) is 4. The van der Waals surface area contributed by atoms with Crippen LogP contribution in [0.4, 0.5) is 0 Å². The van der Waals surface area contributed by atoms with Crippen molar-refractivity contribution in [3.05, 3.63) is 64.8 Å². The Morgan fingerprint density at radius 1 is 0.967 bits per heavy atom. The first-order valence-electron chi connectivity index (χ1n) is 10.3. The Labute approximate surface area is 177 Å². The summed E-state index contributed by atoms with van der Waals surface area (Å²) in [7, 11) is 1.69. The van der Waals surface area contributed by atoms with Crippen LogP contribution in [-0.2, 0) is 19.4 Å². The molecular weight excluding hydrogens is 378 g/mol. The summed E-state index contributed by atoms with van der Waals surface area (Å²) in [6, 6.07) is 14.1. The smallest absolute Gasteiger partial charge is 0.231 e. The molecule has 4 rings (SSSR count). The van der Waals surface area contributed by atoms with E-state index in [1.165, 1.54) is 16.7 Å². The lowest BCUT2D eigenvalue weighted by molar-refractivity contribution is 0.173. The number of pyridine rings is 1. The van der Waals surface area contributed by atoms with Gasteiger partial charge in [0, 0.05) is 23.4 Å². The third-order valence-corrected chi connectivity index (χ3v) is 5.49. The lowest BCUT2D eigenvalue weighted by atomic mass is 9.94. The third-order valence-electron chi connectivity index (χ3n) is 5.49. The van der Waals surface area contributed by atoms with Gasteiger partial charge in [-0.05, 0) is 43.0 Å². The van der Waals surface area contributed by atoms with Crippen LogP contribution in [0, 0.1) is 6.92 Å². The van der Waals surface area contributed by atoms with Crippen molar-refractivity contribution >= 4 is 0 Å². The first-order chi connectivity index (χ1) is 14.6. The van der Waals surface area contributed by atoms with Crippen LogP contribution in [-0.4, -0.2) is 18.9 Å².